The van der Waals surface area contributed by atoms with Gasteiger partial charge in [0.2, 0.25) is 0 Å². The molecule has 92 valence electrons. The predicted molar refractivity (Wildman–Crippen MR) is 63.5 cm³/mol. The van der Waals surface area contributed by atoms with Gasteiger partial charge in [0, 0.05) is 31.2 Å². The van der Waals surface area contributed by atoms with Gasteiger partial charge in [0.25, 0.3) is 5.91 Å². The number of benzene rings is 1. The minimum Gasteiger partial charge on any atom is -0.396 e. The quantitative estimate of drug-likeness (QED) is 0.785. The van der Waals surface area contributed by atoms with Gasteiger partial charge in [0.05, 0.1) is 6.10 Å². The Hall–Kier alpha value is -1.39. The Bertz CT molecular complexity index is 380. The van der Waals surface area contributed by atoms with Gasteiger partial charge in [-0.3, -0.25) is 4.79 Å². The fraction of sp³-hybridized carbons (Fsp3) is 0.462. The molecule has 2 atom stereocenters. The van der Waals surface area contributed by atoms with Crippen molar-refractivity contribution >= 4 is 5.91 Å². The average Bonchev–Trinajstić information content (AvgIpc) is 2.39. The van der Waals surface area contributed by atoms with Gasteiger partial charge in [-0.25, -0.2) is 0 Å². The number of piperidine rings is 1. The molecule has 0 spiro atoms. The van der Waals surface area contributed by atoms with Gasteiger partial charge in [-0.2, -0.15) is 0 Å². The molecule has 1 amide bonds. The van der Waals surface area contributed by atoms with E-state index >= 15 is 0 Å². The lowest BCUT2D eigenvalue weighted by Gasteiger charge is -2.35. The molecule has 17 heavy (non-hydrogen) atoms. The summed E-state index contributed by atoms with van der Waals surface area (Å²) in [6.07, 6.45) is 0.0254. The van der Waals surface area contributed by atoms with Crippen molar-refractivity contribution in [3.8, 4) is 0 Å². The SMILES string of the molecule is O=C(c1ccccc1)N1CC[C@H](CO)[C@H](O)C1. The van der Waals surface area contributed by atoms with Crippen LogP contribution in [0.5, 0.6) is 0 Å². The Labute approximate surface area is 100 Å². The fourth-order valence-corrected chi connectivity index (χ4v) is 2.14. The molecular weight excluding hydrogens is 218 g/mol. The predicted octanol–water partition coefficient (Wildman–Crippen LogP) is 0.502. The summed E-state index contributed by atoms with van der Waals surface area (Å²) in [5.41, 5.74) is 0.641. The first kappa shape index (κ1) is 12.1. The summed E-state index contributed by atoms with van der Waals surface area (Å²) in [7, 11) is 0. The zero-order chi connectivity index (χ0) is 12.3. The lowest BCUT2D eigenvalue weighted by atomic mass is 9.94. The maximum absolute atomic E-state index is 12.1. The molecule has 0 bridgehead atoms. The third kappa shape index (κ3) is 2.65. The molecule has 0 aliphatic carbocycles. The van der Waals surface area contributed by atoms with Crippen molar-refractivity contribution < 1.29 is 15.0 Å². The largest absolute Gasteiger partial charge is 0.396 e. The van der Waals surface area contributed by atoms with E-state index in [1.165, 1.54) is 0 Å². The molecule has 1 aromatic carbocycles. The lowest BCUT2D eigenvalue weighted by Crippen LogP contribution is -2.47. The van der Waals surface area contributed by atoms with Gasteiger partial charge in [-0.15, -0.1) is 0 Å². The molecule has 4 heteroatoms. The molecule has 1 saturated heterocycles. The lowest BCUT2D eigenvalue weighted by molar-refractivity contribution is 0.000877. The summed E-state index contributed by atoms with van der Waals surface area (Å²) in [5.74, 6) is -0.157. The number of hydrogen-bond acceptors (Lipinski definition) is 3. The second kappa shape index (κ2) is 5.29. The summed E-state index contributed by atoms with van der Waals surface area (Å²) in [5, 5.41) is 18.8. The maximum atomic E-state index is 12.1. The zero-order valence-corrected chi connectivity index (χ0v) is 9.62. The number of nitrogens with zero attached hydrogens (tertiary/aromatic N) is 1. The molecule has 1 fully saturated rings. The van der Waals surface area contributed by atoms with Crippen molar-refractivity contribution in [1.82, 2.24) is 4.90 Å². The fourth-order valence-electron chi connectivity index (χ4n) is 2.14. The van der Waals surface area contributed by atoms with E-state index in [4.69, 9.17) is 5.11 Å². The van der Waals surface area contributed by atoms with Crippen molar-refractivity contribution in [2.45, 2.75) is 12.5 Å². The van der Waals surface area contributed by atoms with E-state index in [2.05, 4.69) is 0 Å². The third-order valence-electron chi connectivity index (χ3n) is 3.26. The third-order valence-corrected chi connectivity index (χ3v) is 3.26. The number of aliphatic hydroxyl groups is 2. The summed E-state index contributed by atoms with van der Waals surface area (Å²) in [6, 6.07) is 9.05. The molecule has 0 radical (unpaired) electrons. The number of rotatable bonds is 2. The van der Waals surface area contributed by atoms with Crippen molar-refractivity contribution in [2.75, 3.05) is 19.7 Å². The second-order valence-corrected chi connectivity index (χ2v) is 4.42. The first-order valence-corrected chi connectivity index (χ1v) is 5.85. The number of carbonyl (C=O) groups is 1. The van der Waals surface area contributed by atoms with Gasteiger partial charge in [-0.05, 0) is 18.6 Å². The Morgan fingerprint density at radius 2 is 2.06 bits per heavy atom. The molecule has 1 aliphatic rings. The molecule has 1 aliphatic heterocycles. The highest BCUT2D eigenvalue weighted by Gasteiger charge is 2.29. The second-order valence-electron chi connectivity index (χ2n) is 4.42. The van der Waals surface area contributed by atoms with Crippen LogP contribution in [-0.4, -0.2) is 46.8 Å². The first-order valence-electron chi connectivity index (χ1n) is 5.85. The van der Waals surface area contributed by atoms with Crippen LogP contribution in [0.4, 0.5) is 0 Å². The van der Waals surface area contributed by atoms with E-state index in [0.717, 1.165) is 0 Å². The molecule has 0 unspecified atom stereocenters. The van der Waals surface area contributed by atoms with Crippen LogP contribution in [0.1, 0.15) is 16.8 Å². The number of likely N-dealkylation sites (tertiary alicyclic amines) is 1. The van der Waals surface area contributed by atoms with E-state index in [1.807, 2.05) is 18.2 Å². The van der Waals surface area contributed by atoms with Crippen LogP contribution in [0.15, 0.2) is 30.3 Å². The van der Waals surface area contributed by atoms with Crippen LogP contribution in [0.3, 0.4) is 0 Å². The minimum absolute atomic E-state index is 0.0193. The summed E-state index contributed by atoms with van der Waals surface area (Å²) in [4.78, 5) is 13.7. The topological polar surface area (TPSA) is 60.8 Å². The summed E-state index contributed by atoms with van der Waals surface area (Å²) >= 11 is 0. The van der Waals surface area contributed by atoms with Crippen molar-refractivity contribution in [3.63, 3.8) is 0 Å². The molecule has 1 heterocycles. The van der Waals surface area contributed by atoms with Crippen molar-refractivity contribution in [1.29, 1.82) is 0 Å². The Morgan fingerprint density at radius 3 is 2.65 bits per heavy atom. The van der Waals surface area contributed by atoms with Gasteiger partial charge in [0.1, 0.15) is 0 Å². The highest BCUT2D eigenvalue weighted by molar-refractivity contribution is 5.94. The molecular formula is C13H17NO3. The number of hydrogen-bond donors (Lipinski definition) is 2. The Morgan fingerprint density at radius 1 is 1.35 bits per heavy atom. The first-order chi connectivity index (χ1) is 8.22. The van der Waals surface area contributed by atoms with E-state index in [0.29, 0.717) is 25.1 Å². The summed E-state index contributed by atoms with van der Waals surface area (Å²) < 4.78 is 0. The Kier molecular flexibility index (Phi) is 3.76. The van der Waals surface area contributed by atoms with Crippen molar-refractivity contribution in [2.24, 2.45) is 5.92 Å². The maximum Gasteiger partial charge on any atom is 0.253 e. The van der Waals surface area contributed by atoms with Crippen LogP contribution in [0, 0.1) is 5.92 Å². The van der Waals surface area contributed by atoms with Crippen LogP contribution in [0.25, 0.3) is 0 Å². The molecule has 2 rings (SSSR count). The van der Waals surface area contributed by atoms with Crippen LogP contribution in [-0.2, 0) is 0 Å². The number of carbonyl (C=O) groups excluding carboxylic acids is 1. The standard InChI is InChI=1S/C13H17NO3/c15-9-11-6-7-14(8-12(11)16)13(17)10-4-2-1-3-5-10/h1-5,11-12,15-16H,6-9H2/t11-,12-/m1/s1. The highest BCUT2D eigenvalue weighted by atomic mass is 16.3. The zero-order valence-electron chi connectivity index (χ0n) is 9.62. The molecule has 2 N–H and O–H groups in total. The van der Waals surface area contributed by atoms with Crippen molar-refractivity contribution in [3.05, 3.63) is 35.9 Å². The van der Waals surface area contributed by atoms with Gasteiger partial charge in [0.15, 0.2) is 0 Å². The van der Waals surface area contributed by atoms with Gasteiger partial charge >= 0.3 is 0 Å². The van der Waals surface area contributed by atoms with E-state index < -0.39 is 6.10 Å². The monoisotopic (exact) mass is 235 g/mol. The normalized spacial score (nSPS) is 24.7. The van der Waals surface area contributed by atoms with Gasteiger partial charge < -0.3 is 15.1 Å². The number of aliphatic hydroxyl groups excluding tert-OH is 2. The van der Waals surface area contributed by atoms with E-state index in [1.54, 1.807) is 17.0 Å². The van der Waals surface area contributed by atoms with Crippen LogP contribution < -0.4 is 0 Å². The smallest absolute Gasteiger partial charge is 0.253 e. The Balaban J connectivity index is 2.03. The minimum atomic E-state index is -0.624. The highest BCUT2D eigenvalue weighted by Crippen LogP contribution is 2.19. The average molecular weight is 235 g/mol. The number of β-amino-alcohol motifs (C(OH)–C–C–N with tert-alkyl or cyclic N) is 1. The van der Waals surface area contributed by atoms with E-state index in [-0.39, 0.29) is 18.4 Å². The molecule has 0 saturated carbocycles. The molecule has 1 aromatic rings. The van der Waals surface area contributed by atoms with Crippen LogP contribution >= 0.6 is 0 Å². The molecule has 0 aromatic heterocycles. The van der Waals surface area contributed by atoms with E-state index in [9.17, 15) is 9.90 Å². The van der Waals surface area contributed by atoms with Crippen LogP contribution in [0.2, 0.25) is 0 Å². The summed E-state index contributed by atoms with van der Waals surface area (Å²) in [6.45, 7) is 0.878. The number of amides is 1. The van der Waals surface area contributed by atoms with Gasteiger partial charge in [-0.1, -0.05) is 18.2 Å². The molecule has 4 nitrogen and oxygen atoms in total.